The number of hydrogen-bond acceptors (Lipinski definition) is 10. The van der Waals surface area contributed by atoms with Crippen molar-refractivity contribution in [2.75, 3.05) is 24.7 Å². The van der Waals surface area contributed by atoms with Crippen LogP contribution >= 0.6 is 23.1 Å². The molecule has 0 aromatic carbocycles. The van der Waals surface area contributed by atoms with Crippen molar-refractivity contribution in [3.63, 3.8) is 0 Å². The van der Waals surface area contributed by atoms with Gasteiger partial charge in [0.05, 0.1) is 24.5 Å². The number of anilines is 1. The molecule has 13 heteroatoms. The molecule has 3 rings (SSSR count). The molecule has 0 atom stereocenters. The molecular formula is C20H26N4O7S2. The van der Waals surface area contributed by atoms with E-state index in [4.69, 9.17) is 9.47 Å². The largest absolute Gasteiger partial charge is 0.538 e. The number of methoxy groups -OCH3 is 1. The number of fused-ring (bicyclic) bond motifs is 1. The Balaban J connectivity index is 1.70. The van der Waals surface area contributed by atoms with Gasteiger partial charge in [0.2, 0.25) is 5.91 Å². The molecule has 2 aromatic heterocycles. The van der Waals surface area contributed by atoms with E-state index in [0.717, 1.165) is 22.2 Å². The van der Waals surface area contributed by atoms with Crippen LogP contribution < -0.4 is 15.1 Å². The number of amides is 2. The number of rotatable bonds is 6. The zero-order valence-corrected chi connectivity index (χ0v) is 20.7. The van der Waals surface area contributed by atoms with E-state index in [1.165, 1.54) is 23.1 Å². The lowest BCUT2D eigenvalue weighted by atomic mass is 10.0. The lowest BCUT2D eigenvalue weighted by Gasteiger charge is -2.30. The highest BCUT2D eigenvalue weighted by atomic mass is 32.2. The van der Waals surface area contributed by atoms with Crippen LogP contribution in [-0.4, -0.2) is 53.1 Å². The quantitative estimate of drug-likeness (QED) is 0.359. The number of thioether (sulfide) groups is 1. The van der Waals surface area contributed by atoms with E-state index in [2.05, 4.69) is 15.1 Å². The van der Waals surface area contributed by atoms with Crippen LogP contribution in [0.4, 0.5) is 9.80 Å². The molecule has 2 aromatic rings. The maximum absolute atomic E-state index is 12.5. The van der Waals surface area contributed by atoms with Crippen LogP contribution in [0.3, 0.4) is 0 Å². The zero-order chi connectivity index (χ0) is 24.3. The Morgan fingerprint density at radius 3 is 2.70 bits per heavy atom. The molecule has 0 saturated heterocycles. The maximum atomic E-state index is 12.5. The van der Waals surface area contributed by atoms with E-state index < -0.39 is 23.6 Å². The molecule has 180 valence electrons. The second kappa shape index (κ2) is 10.00. The van der Waals surface area contributed by atoms with Crippen LogP contribution in [0.2, 0.25) is 0 Å². The van der Waals surface area contributed by atoms with Gasteiger partial charge in [-0.3, -0.25) is 4.79 Å². The fraction of sp³-hybridized carbons (Fsp3) is 0.550. The summed E-state index contributed by atoms with van der Waals surface area (Å²) in [6, 6.07) is 0. The van der Waals surface area contributed by atoms with Gasteiger partial charge in [0.25, 0.3) is 5.03 Å². The normalized spacial score (nSPS) is 13.4. The average Bonchev–Trinajstić information content (AvgIpc) is 3.25. The second-order valence-corrected chi connectivity index (χ2v) is 10.5. The summed E-state index contributed by atoms with van der Waals surface area (Å²) in [5.41, 5.74) is 0.468. The van der Waals surface area contributed by atoms with Gasteiger partial charge in [-0.05, 0) is 32.8 Å². The summed E-state index contributed by atoms with van der Waals surface area (Å²) in [4.78, 5) is 39.8. The van der Waals surface area contributed by atoms with Crippen LogP contribution in [-0.2, 0) is 34.3 Å². The van der Waals surface area contributed by atoms with E-state index in [1.807, 2.05) is 0 Å². The Kier molecular flexibility index (Phi) is 7.52. The first-order chi connectivity index (χ1) is 15.5. The molecule has 0 unspecified atom stereocenters. The number of aromatic nitrogens is 2. The molecule has 1 aliphatic rings. The molecule has 1 aliphatic heterocycles. The van der Waals surface area contributed by atoms with E-state index in [1.54, 1.807) is 32.7 Å². The summed E-state index contributed by atoms with van der Waals surface area (Å²) in [6.45, 7) is 6.07. The van der Waals surface area contributed by atoms with Crippen LogP contribution in [0.25, 0.3) is 0 Å². The van der Waals surface area contributed by atoms with Crippen LogP contribution in [0.1, 0.15) is 48.0 Å². The third-order valence-electron chi connectivity index (χ3n) is 4.63. The monoisotopic (exact) mass is 498 g/mol. The Morgan fingerprint density at radius 2 is 2.09 bits per heavy atom. The topological polar surface area (TPSA) is 138 Å². The van der Waals surface area contributed by atoms with Gasteiger partial charge in [0.1, 0.15) is 10.6 Å². The number of thiophene rings is 1. The van der Waals surface area contributed by atoms with Crippen molar-refractivity contribution in [3.05, 3.63) is 16.0 Å². The minimum Gasteiger partial charge on any atom is -0.538 e. The third kappa shape index (κ3) is 5.96. The molecule has 0 fully saturated rings. The summed E-state index contributed by atoms with van der Waals surface area (Å²) >= 11 is 2.40. The molecule has 0 spiro atoms. The molecule has 3 heterocycles. The highest BCUT2D eigenvalue weighted by molar-refractivity contribution is 7.99. The van der Waals surface area contributed by atoms with Gasteiger partial charge in [-0.15, -0.1) is 11.3 Å². The third-order valence-corrected chi connectivity index (χ3v) is 6.88. The van der Waals surface area contributed by atoms with Crippen LogP contribution in [0.15, 0.2) is 9.55 Å². The van der Waals surface area contributed by atoms with Gasteiger partial charge >= 0.3 is 12.1 Å². The molecule has 0 saturated carbocycles. The van der Waals surface area contributed by atoms with Crippen molar-refractivity contribution < 1.29 is 38.2 Å². The highest BCUT2D eigenvalue weighted by Crippen LogP contribution is 2.38. The maximum Gasteiger partial charge on any atom is 0.410 e. The standard InChI is InChI=1S/C20H26N4O7S2/c1-20(2,3)30-19(28)24-8-6-11-12(10-24)33-15(14(11)17(26)29-5)21-13(25)7-9-32-16-18(27)31-22-23(16)4/h6-10H2,1-5H3,(H-,21,22,25,26,27). The van der Waals surface area contributed by atoms with Crippen molar-refractivity contribution in [3.8, 4) is 5.95 Å². The Hall–Kier alpha value is -2.80. The molecule has 33 heavy (non-hydrogen) atoms. The minimum absolute atomic E-state index is 0.0997. The summed E-state index contributed by atoms with van der Waals surface area (Å²) in [5, 5.41) is 18.5. The average molecular weight is 499 g/mol. The van der Waals surface area contributed by atoms with E-state index in [-0.39, 0.29) is 18.9 Å². The number of nitrogens with one attached hydrogen (secondary N) is 1. The van der Waals surface area contributed by atoms with Gasteiger partial charge < -0.3 is 29.3 Å². The number of ether oxygens (including phenoxy) is 2. The van der Waals surface area contributed by atoms with Crippen molar-refractivity contribution in [1.82, 2.24) is 10.2 Å². The fourth-order valence-corrected chi connectivity index (χ4v) is 5.30. The first-order valence-corrected chi connectivity index (χ1v) is 12.0. The predicted molar refractivity (Wildman–Crippen MR) is 117 cm³/mol. The first kappa shape index (κ1) is 24.8. The highest BCUT2D eigenvalue weighted by Gasteiger charge is 2.32. The molecule has 0 radical (unpaired) electrons. The number of aryl methyl sites for hydroxylation is 1. The van der Waals surface area contributed by atoms with Gasteiger partial charge in [0.15, 0.2) is 13.0 Å². The summed E-state index contributed by atoms with van der Waals surface area (Å²) in [6.07, 6.45) is 0.114. The van der Waals surface area contributed by atoms with Crippen LogP contribution in [0, 0.1) is 0 Å². The van der Waals surface area contributed by atoms with Crippen molar-refractivity contribution in [2.24, 2.45) is 7.05 Å². The van der Waals surface area contributed by atoms with Crippen molar-refractivity contribution in [2.45, 2.75) is 50.8 Å². The Labute approximate surface area is 199 Å². The van der Waals surface area contributed by atoms with Crippen molar-refractivity contribution in [1.29, 1.82) is 0 Å². The molecule has 11 nitrogen and oxygen atoms in total. The molecular weight excluding hydrogens is 472 g/mol. The van der Waals surface area contributed by atoms with Gasteiger partial charge in [-0.1, -0.05) is 16.4 Å². The SMILES string of the molecule is COC(=O)c1c(NC(=O)CCSc2c([O-])on[n+]2C)sc2c1CCN(C(=O)OC(C)(C)C)C2. The number of carbonyl (C=O) groups is 3. The zero-order valence-electron chi connectivity index (χ0n) is 19.1. The van der Waals surface area contributed by atoms with Gasteiger partial charge in [0, 0.05) is 23.6 Å². The second-order valence-electron chi connectivity index (χ2n) is 8.29. The minimum atomic E-state index is -0.614. The Morgan fingerprint density at radius 1 is 1.36 bits per heavy atom. The number of carbonyl (C=O) groups excluding carboxylic acids is 3. The lowest BCUT2D eigenvalue weighted by molar-refractivity contribution is -0.772. The summed E-state index contributed by atoms with van der Waals surface area (Å²) in [7, 11) is 2.86. The Bertz CT molecular complexity index is 1040. The summed E-state index contributed by atoms with van der Waals surface area (Å²) in [5.74, 6) is -1.10. The van der Waals surface area contributed by atoms with E-state index in [9.17, 15) is 19.5 Å². The summed E-state index contributed by atoms with van der Waals surface area (Å²) < 4.78 is 16.2. The molecule has 2 amide bonds. The predicted octanol–water partition coefficient (Wildman–Crippen LogP) is 1.83. The van der Waals surface area contributed by atoms with E-state index >= 15 is 0 Å². The molecule has 0 bridgehead atoms. The van der Waals surface area contributed by atoms with Gasteiger partial charge in [-0.25, -0.2) is 9.59 Å². The number of nitrogens with zero attached hydrogens (tertiary/aromatic N) is 3. The molecule has 0 aliphatic carbocycles. The molecule has 1 N–H and O–H groups in total. The fourth-order valence-electron chi connectivity index (χ4n) is 3.18. The number of hydrogen-bond donors (Lipinski definition) is 1. The number of esters is 1. The lowest BCUT2D eigenvalue weighted by Crippen LogP contribution is -2.39. The smallest absolute Gasteiger partial charge is 0.410 e. The first-order valence-electron chi connectivity index (χ1n) is 10.2. The van der Waals surface area contributed by atoms with Gasteiger partial charge in [-0.2, -0.15) is 0 Å². The van der Waals surface area contributed by atoms with E-state index in [0.29, 0.717) is 34.3 Å². The van der Waals surface area contributed by atoms with Crippen LogP contribution in [0.5, 0.6) is 5.95 Å². The van der Waals surface area contributed by atoms with Crippen molar-refractivity contribution >= 4 is 46.1 Å².